The Labute approximate surface area is 55.9 Å². The molecule has 0 saturated carbocycles. The van der Waals surface area contributed by atoms with Crippen molar-refractivity contribution in [1.82, 2.24) is 0 Å². The molecular weight excluding hydrogens is 116 g/mol. The van der Waals surface area contributed by atoms with Gasteiger partial charge in [-0.05, 0) is 12.8 Å². The van der Waals surface area contributed by atoms with Crippen LogP contribution in [0.1, 0.15) is 32.6 Å². The Morgan fingerprint density at radius 3 is 2.78 bits per heavy atom. The number of carboxylic acids is 1. The molecule has 2 heteroatoms. The fourth-order valence-corrected chi connectivity index (χ4v) is 0.574. The van der Waals surface area contributed by atoms with Crippen molar-refractivity contribution in [3.05, 3.63) is 6.42 Å². The molecule has 0 spiro atoms. The summed E-state index contributed by atoms with van der Waals surface area (Å²) in [5.74, 6) is -0.730. The molecule has 0 fully saturated rings. The molecule has 0 heterocycles. The first-order valence-corrected chi connectivity index (χ1v) is 3.30. The number of carbonyl (C=O) groups is 1. The Balaban J connectivity index is 2.83. The molecule has 1 radical (unpaired) electrons. The maximum atomic E-state index is 9.93. The van der Waals surface area contributed by atoms with E-state index in [1.165, 1.54) is 0 Å². The summed E-state index contributed by atoms with van der Waals surface area (Å²) in [6.07, 6.45) is 5.19. The first-order valence-electron chi connectivity index (χ1n) is 3.30. The highest BCUT2D eigenvalue weighted by Crippen LogP contribution is 1.99. The molecule has 0 aliphatic rings. The summed E-state index contributed by atoms with van der Waals surface area (Å²) in [5.41, 5.74) is 0. The number of unbranched alkanes of at least 4 members (excludes halogenated alkanes) is 3. The second-order valence-corrected chi connectivity index (χ2v) is 2.03. The van der Waals surface area contributed by atoms with Gasteiger partial charge in [0.15, 0.2) is 0 Å². The van der Waals surface area contributed by atoms with Gasteiger partial charge in [-0.25, -0.2) is 0 Å². The third-order valence-electron chi connectivity index (χ3n) is 1.08. The van der Waals surface area contributed by atoms with Crippen LogP contribution in [0.2, 0.25) is 0 Å². The van der Waals surface area contributed by atoms with Crippen LogP contribution in [0.4, 0.5) is 0 Å². The molecule has 0 amide bonds. The van der Waals surface area contributed by atoms with Crippen molar-refractivity contribution in [2.24, 2.45) is 0 Å². The standard InChI is InChI=1S/C7H13O2/c1-2-3-4-5-6-7(8)9/h5H,2-4,6H2,1H3,(H,8,9). The van der Waals surface area contributed by atoms with Crippen molar-refractivity contribution in [3.8, 4) is 0 Å². The van der Waals surface area contributed by atoms with Crippen molar-refractivity contribution < 1.29 is 9.90 Å². The van der Waals surface area contributed by atoms with E-state index in [0.717, 1.165) is 19.3 Å². The van der Waals surface area contributed by atoms with Gasteiger partial charge in [0.1, 0.15) is 0 Å². The van der Waals surface area contributed by atoms with Gasteiger partial charge in [-0.1, -0.05) is 19.8 Å². The lowest BCUT2D eigenvalue weighted by molar-refractivity contribution is -0.136. The Morgan fingerprint density at radius 1 is 1.67 bits per heavy atom. The molecule has 0 aromatic carbocycles. The fraction of sp³-hybridized carbons (Fsp3) is 0.714. The smallest absolute Gasteiger partial charge is 0.303 e. The quantitative estimate of drug-likeness (QED) is 0.575. The van der Waals surface area contributed by atoms with E-state index in [1.807, 2.05) is 6.42 Å². The van der Waals surface area contributed by atoms with Crippen molar-refractivity contribution >= 4 is 5.97 Å². The fourth-order valence-electron chi connectivity index (χ4n) is 0.574. The highest BCUT2D eigenvalue weighted by atomic mass is 16.4. The Hall–Kier alpha value is -0.530. The average Bonchev–Trinajstić information content (AvgIpc) is 1.80. The SMILES string of the molecule is CCCC[CH]CC(=O)O. The lowest BCUT2D eigenvalue weighted by atomic mass is 10.2. The van der Waals surface area contributed by atoms with Crippen LogP contribution >= 0.6 is 0 Å². The summed E-state index contributed by atoms with van der Waals surface area (Å²) in [4.78, 5) is 9.93. The van der Waals surface area contributed by atoms with Crippen LogP contribution in [-0.2, 0) is 4.79 Å². The van der Waals surface area contributed by atoms with Gasteiger partial charge in [-0.3, -0.25) is 4.79 Å². The molecular formula is C7H13O2. The minimum Gasteiger partial charge on any atom is -0.481 e. The summed E-state index contributed by atoms with van der Waals surface area (Å²) < 4.78 is 0. The molecule has 0 saturated heterocycles. The minimum atomic E-state index is -0.730. The van der Waals surface area contributed by atoms with Gasteiger partial charge in [0, 0.05) is 6.42 Å². The third kappa shape index (κ3) is 7.47. The van der Waals surface area contributed by atoms with E-state index in [-0.39, 0.29) is 6.42 Å². The monoisotopic (exact) mass is 129 g/mol. The van der Waals surface area contributed by atoms with Gasteiger partial charge >= 0.3 is 5.97 Å². The maximum absolute atomic E-state index is 9.93. The molecule has 0 atom stereocenters. The Bertz CT molecular complexity index is 79.0. The zero-order valence-electron chi connectivity index (χ0n) is 5.76. The number of rotatable bonds is 5. The van der Waals surface area contributed by atoms with Crippen LogP contribution in [0.5, 0.6) is 0 Å². The van der Waals surface area contributed by atoms with E-state index < -0.39 is 5.97 Å². The number of aliphatic carboxylic acids is 1. The van der Waals surface area contributed by atoms with Gasteiger partial charge in [-0.2, -0.15) is 0 Å². The maximum Gasteiger partial charge on any atom is 0.303 e. The topological polar surface area (TPSA) is 37.3 Å². The first-order chi connectivity index (χ1) is 4.27. The van der Waals surface area contributed by atoms with Crippen molar-refractivity contribution in [2.45, 2.75) is 32.6 Å². The van der Waals surface area contributed by atoms with Gasteiger partial charge in [0.05, 0.1) is 0 Å². The van der Waals surface area contributed by atoms with Gasteiger partial charge in [0.2, 0.25) is 0 Å². The van der Waals surface area contributed by atoms with Gasteiger partial charge in [0.25, 0.3) is 0 Å². The lowest BCUT2D eigenvalue weighted by Gasteiger charge is -1.92. The minimum absolute atomic E-state index is 0.208. The Morgan fingerprint density at radius 2 is 2.33 bits per heavy atom. The van der Waals surface area contributed by atoms with E-state index >= 15 is 0 Å². The summed E-state index contributed by atoms with van der Waals surface area (Å²) in [5, 5.41) is 8.18. The molecule has 9 heavy (non-hydrogen) atoms. The van der Waals surface area contributed by atoms with Crippen LogP contribution in [0.25, 0.3) is 0 Å². The predicted molar refractivity (Wildman–Crippen MR) is 36.1 cm³/mol. The van der Waals surface area contributed by atoms with E-state index in [4.69, 9.17) is 5.11 Å². The molecule has 0 aromatic heterocycles. The first kappa shape index (κ1) is 8.47. The summed E-state index contributed by atoms with van der Waals surface area (Å²) in [7, 11) is 0. The normalized spacial score (nSPS) is 9.44. The van der Waals surface area contributed by atoms with Crippen molar-refractivity contribution in [1.29, 1.82) is 0 Å². The molecule has 0 rings (SSSR count). The second kappa shape index (κ2) is 5.60. The third-order valence-corrected chi connectivity index (χ3v) is 1.08. The van der Waals surface area contributed by atoms with E-state index in [1.54, 1.807) is 0 Å². The zero-order chi connectivity index (χ0) is 7.11. The van der Waals surface area contributed by atoms with Crippen LogP contribution in [0.3, 0.4) is 0 Å². The highest BCUT2D eigenvalue weighted by Gasteiger charge is 1.94. The van der Waals surface area contributed by atoms with Gasteiger partial charge < -0.3 is 5.11 Å². The van der Waals surface area contributed by atoms with Crippen LogP contribution in [0.15, 0.2) is 0 Å². The number of hydrogen-bond donors (Lipinski definition) is 1. The van der Waals surface area contributed by atoms with Crippen LogP contribution in [0, 0.1) is 6.42 Å². The zero-order valence-corrected chi connectivity index (χ0v) is 5.76. The highest BCUT2D eigenvalue weighted by molar-refractivity contribution is 5.67. The largest absolute Gasteiger partial charge is 0.481 e. The molecule has 0 aliphatic carbocycles. The van der Waals surface area contributed by atoms with E-state index in [0.29, 0.717) is 0 Å². The molecule has 0 aliphatic heterocycles. The average molecular weight is 129 g/mol. The van der Waals surface area contributed by atoms with Crippen molar-refractivity contribution in [3.63, 3.8) is 0 Å². The molecule has 0 aromatic rings. The summed E-state index contributed by atoms with van der Waals surface area (Å²) >= 11 is 0. The molecule has 0 bridgehead atoms. The van der Waals surface area contributed by atoms with Crippen LogP contribution in [-0.4, -0.2) is 11.1 Å². The second-order valence-electron chi connectivity index (χ2n) is 2.03. The number of carboxylic acid groups (broad SMARTS) is 1. The predicted octanol–water partition coefficient (Wildman–Crippen LogP) is 1.86. The Kier molecular flexibility index (Phi) is 5.27. The lowest BCUT2D eigenvalue weighted by Crippen LogP contribution is -1.93. The van der Waals surface area contributed by atoms with Crippen LogP contribution < -0.4 is 0 Å². The summed E-state index contributed by atoms with van der Waals surface area (Å²) in [6, 6.07) is 0. The molecule has 53 valence electrons. The molecule has 0 unspecified atom stereocenters. The van der Waals surface area contributed by atoms with E-state index in [9.17, 15) is 4.79 Å². The summed E-state index contributed by atoms with van der Waals surface area (Å²) in [6.45, 7) is 2.09. The number of hydrogen-bond acceptors (Lipinski definition) is 1. The van der Waals surface area contributed by atoms with Gasteiger partial charge in [-0.15, -0.1) is 0 Å². The van der Waals surface area contributed by atoms with E-state index in [2.05, 4.69) is 6.92 Å². The van der Waals surface area contributed by atoms with Crippen molar-refractivity contribution in [2.75, 3.05) is 0 Å². The molecule has 2 nitrogen and oxygen atoms in total. The molecule has 1 N–H and O–H groups in total.